The number of phenolic OH excluding ortho intramolecular Hbond substituents is 1. The highest BCUT2D eigenvalue weighted by Gasteiger charge is 2.05. The summed E-state index contributed by atoms with van der Waals surface area (Å²) in [4.78, 5) is 11.8. The molecule has 3 nitrogen and oxygen atoms in total. The third-order valence-electron chi connectivity index (χ3n) is 2.75. The summed E-state index contributed by atoms with van der Waals surface area (Å²) in [6, 6.07) is 13.0. The average molecular weight is 332 g/mol. The Balaban J connectivity index is 2.07. The molecular weight excluding hydrogens is 318 g/mol. The largest absolute Gasteiger partial charge is 0.506 e. The zero-order valence-electron chi connectivity index (χ0n) is 10.9. The minimum atomic E-state index is -0.217. The molecule has 0 bridgehead atoms. The second-order valence-electron chi connectivity index (χ2n) is 4.36. The van der Waals surface area contributed by atoms with Crippen molar-refractivity contribution in [1.82, 2.24) is 0 Å². The van der Waals surface area contributed by atoms with Crippen LogP contribution < -0.4 is 5.32 Å². The van der Waals surface area contributed by atoms with Crippen molar-refractivity contribution in [3.05, 3.63) is 64.1 Å². The smallest absolute Gasteiger partial charge is 0.248 e. The van der Waals surface area contributed by atoms with Gasteiger partial charge in [0.25, 0.3) is 0 Å². The van der Waals surface area contributed by atoms with Crippen LogP contribution in [-0.2, 0) is 4.79 Å². The Morgan fingerprint density at radius 2 is 1.95 bits per heavy atom. The summed E-state index contributed by atoms with van der Waals surface area (Å²) >= 11 is 3.24. The topological polar surface area (TPSA) is 49.3 Å². The third-order valence-corrected chi connectivity index (χ3v) is 3.35. The van der Waals surface area contributed by atoms with Gasteiger partial charge in [-0.3, -0.25) is 4.79 Å². The Bertz CT molecular complexity index is 628. The molecule has 2 aromatic carbocycles. The van der Waals surface area contributed by atoms with Crippen molar-refractivity contribution in [2.24, 2.45) is 0 Å². The SMILES string of the molecule is Cc1cc(NC(=O)/C=C/c2ccccc2)cc(Br)c1O. The van der Waals surface area contributed by atoms with E-state index in [-0.39, 0.29) is 11.7 Å². The van der Waals surface area contributed by atoms with Crippen LogP contribution in [0.25, 0.3) is 6.08 Å². The van der Waals surface area contributed by atoms with Crippen molar-refractivity contribution >= 4 is 33.6 Å². The van der Waals surface area contributed by atoms with Gasteiger partial charge in [-0.15, -0.1) is 0 Å². The number of hydrogen-bond acceptors (Lipinski definition) is 2. The Morgan fingerprint density at radius 1 is 1.25 bits per heavy atom. The zero-order chi connectivity index (χ0) is 14.5. The highest BCUT2D eigenvalue weighted by Crippen LogP contribution is 2.30. The van der Waals surface area contributed by atoms with E-state index in [9.17, 15) is 9.90 Å². The number of anilines is 1. The average Bonchev–Trinajstić information content (AvgIpc) is 2.43. The van der Waals surface area contributed by atoms with Crippen LogP contribution in [0.1, 0.15) is 11.1 Å². The van der Waals surface area contributed by atoms with E-state index in [4.69, 9.17) is 0 Å². The van der Waals surface area contributed by atoms with Crippen LogP contribution in [0.15, 0.2) is 53.0 Å². The van der Waals surface area contributed by atoms with Crippen molar-refractivity contribution in [2.45, 2.75) is 6.92 Å². The summed E-state index contributed by atoms with van der Waals surface area (Å²) in [6.07, 6.45) is 3.23. The van der Waals surface area contributed by atoms with Crippen LogP contribution in [0.3, 0.4) is 0 Å². The van der Waals surface area contributed by atoms with Crippen LogP contribution in [0.2, 0.25) is 0 Å². The molecule has 0 aliphatic carbocycles. The minimum absolute atomic E-state index is 0.183. The van der Waals surface area contributed by atoms with Gasteiger partial charge in [0.2, 0.25) is 5.91 Å². The van der Waals surface area contributed by atoms with Crippen molar-refractivity contribution in [2.75, 3.05) is 5.32 Å². The van der Waals surface area contributed by atoms with Crippen LogP contribution in [0.5, 0.6) is 5.75 Å². The number of amides is 1. The van der Waals surface area contributed by atoms with Gasteiger partial charge in [-0.2, -0.15) is 0 Å². The predicted octanol–water partition coefficient (Wildman–Crippen LogP) is 4.12. The van der Waals surface area contributed by atoms with E-state index < -0.39 is 0 Å². The summed E-state index contributed by atoms with van der Waals surface area (Å²) in [5, 5.41) is 12.4. The molecule has 0 radical (unpaired) electrons. The zero-order valence-corrected chi connectivity index (χ0v) is 12.5. The van der Waals surface area contributed by atoms with Gasteiger partial charge in [-0.25, -0.2) is 0 Å². The molecule has 0 heterocycles. The van der Waals surface area contributed by atoms with E-state index in [1.54, 1.807) is 25.1 Å². The molecule has 4 heteroatoms. The molecule has 0 aromatic heterocycles. The molecule has 0 atom stereocenters. The van der Waals surface area contributed by atoms with Gasteiger partial charge in [0, 0.05) is 11.8 Å². The van der Waals surface area contributed by atoms with Crippen LogP contribution in [0.4, 0.5) is 5.69 Å². The van der Waals surface area contributed by atoms with E-state index >= 15 is 0 Å². The molecule has 1 amide bonds. The first-order chi connectivity index (χ1) is 9.56. The molecule has 20 heavy (non-hydrogen) atoms. The van der Waals surface area contributed by atoms with Crippen LogP contribution in [0, 0.1) is 6.92 Å². The summed E-state index contributed by atoms with van der Waals surface area (Å²) in [7, 11) is 0. The first-order valence-corrected chi connectivity index (χ1v) is 6.89. The van der Waals surface area contributed by atoms with Gasteiger partial charge < -0.3 is 10.4 Å². The number of carbonyl (C=O) groups is 1. The number of halogens is 1. The van der Waals surface area contributed by atoms with Crippen molar-refractivity contribution in [3.63, 3.8) is 0 Å². The second kappa shape index (κ2) is 6.39. The maximum atomic E-state index is 11.8. The number of benzene rings is 2. The molecule has 0 saturated carbocycles. The van der Waals surface area contributed by atoms with Crippen LogP contribution in [-0.4, -0.2) is 11.0 Å². The Kier molecular flexibility index (Phi) is 4.58. The molecule has 0 unspecified atom stereocenters. The van der Waals surface area contributed by atoms with Crippen molar-refractivity contribution in [3.8, 4) is 5.75 Å². The Hall–Kier alpha value is -2.07. The lowest BCUT2D eigenvalue weighted by atomic mass is 10.2. The third kappa shape index (κ3) is 3.71. The normalized spacial score (nSPS) is 10.7. The fourth-order valence-electron chi connectivity index (χ4n) is 1.73. The molecular formula is C16H14BrNO2. The molecule has 0 fully saturated rings. The molecule has 2 N–H and O–H groups in total. The first-order valence-electron chi connectivity index (χ1n) is 6.09. The highest BCUT2D eigenvalue weighted by atomic mass is 79.9. The van der Waals surface area contributed by atoms with Gasteiger partial charge in [-0.05, 0) is 52.2 Å². The van der Waals surface area contributed by atoms with E-state index in [1.807, 2.05) is 30.3 Å². The summed E-state index contributed by atoms with van der Waals surface area (Å²) in [5.74, 6) is -0.0336. The van der Waals surface area contributed by atoms with Gasteiger partial charge in [0.1, 0.15) is 5.75 Å². The van der Waals surface area contributed by atoms with Gasteiger partial charge in [0.15, 0.2) is 0 Å². The number of rotatable bonds is 3. The number of phenols is 1. The van der Waals surface area contributed by atoms with Gasteiger partial charge in [-0.1, -0.05) is 30.3 Å². The lowest BCUT2D eigenvalue weighted by Crippen LogP contribution is -2.07. The first kappa shape index (κ1) is 14.3. The van der Waals surface area contributed by atoms with Gasteiger partial charge >= 0.3 is 0 Å². The molecule has 2 aromatic rings. The fourth-order valence-corrected chi connectivity index (χ4v) is 2.29. The summed E-state index contributed by atoms with van der Waals surface area (Å²) in [6.45, 7) is 1.77. The summed E-state index contributed by atoms with van der Waals surface area (Å²) < 4.78 is 0.555. The maximum absolute atomic E-state index is 11.8. The Morgan fingerprint density at radius 3 is 2.60 bits per heavy atom. The van der Waals surface area contributed by atoms with E-state index in [1.165, 1.54) is 6.08 Å². The van der Waals surface area contributed by atoms with E-state index in [0.29, 0.717) is 15.7 Å². The number of aromatic hydroxyl groups is 1. The molecule has 102 valence electrons. The monoisotopic (exact) mass is 331 g/mol. The fraction of sp³-hybridized carbons (Fsp3) is 0.0625. The number of aryl methyl sites for hydroxylation is 1. The van der Waals surface area contributed by atoms with Gasteiger partial charge in [0.05, 0.1) is 4.47 Å². The molecule has 0 spiro atoms. The highest BCUT2D eigenvalue weighted by molar-refractivity contribution is 9.10. The second-order valence-corrected chi connectivity index (χ2v) is 5.21. The Labute approximate surface area is 126 Å². The van der Waals surface area contributed by atoms with Crippen molar-refractivity contribution in [1.29, 1.82) is 0 Å². The molecule has 0 aliphatic heterocycles. The minimum Gasteiger partial charge on any atom is -0.506 e. The molecule has 2 rings (SSSR count). The number of nitrogens with one attached hydrogen (secondary N) is 1. The predicted molar refractivity (Wildman–Crippen MR) is 84.6 cm³/mol. The summed E-state index contributed by atoms with van der Waals surface area (Å²) in [5.41, 5.74) is 2.29. The molecule has 0 saturated heterocycles. The number of carbonyl (C=O) groups excluding carboxylic acids is 1. The quantitative estimate of drug-likeness (QED) is 0.656. The van der Waals surface area contributed by atoms with Crippen molar-refractivity contribution < 1.29 is 9.90 Å². The van der Waals surface area contributed by atoms with E-state index in [0.717, 1.165) is 5.56 Å². The molecule has 0 aliphatic rings. The standard InChI is InChI=1S/C16H14BrNO2/c1-11-9-13(10-14(17)16(11)20)18-15(19)8-7-12-5-3-2-4-6-12/h2-10,20H,1H3,(H,18,19)/b8-7+. The lowest BCUT2D eigenvalue weighted by molar-refractivity contribution is -0.111. The van der Waals surface area contributed by atoms with E-state index in [2.05, 4.69) is 21.2 Å². The van der Waals surface area contributed by atoms with Crippen LogP contribution >= 0.6 is 15.9 Å². The lowest BCUT2D eigenvalue weighted by Gasteiger charge is -2.07. The maximum Gasteiger partial charge on any atom is 0.248 e. The number of hydrogen-bond donors (Lipinski definition) is 2.